The molecule has 0 aliphatic heterocycles. The summed E-state index contributed by atoms with van der Waals surface area (Å²) in [5, 5.41) is 0. The molecule has 1 aliphatic carbocycles. The van der Waals surface area contributed by atoms with Crippen LogP contribution in [0.15, 0.2) is 0 Å². The van der Waals surface area contributed by atoms with Gasteiger partial charge < -0.3 is 0 Å². The number of hydrogen-bond donors (Lipinski definition) is 0. The van der Waals surface area contributed by atoms with Gasteiger partial charge in [0.05, 0.1) is 0 Å². The first-order valence-electron chi connectivity index (χ1n) is 9.33. The standard InChI is InChI=1S/C20H40/c1-8-9-10-11-16(4)19-14-18(6)20(19,7)17(5)13-12-15(2)3/h15-19H,8-14H2,1-7H3. The molecule has 0 aromatic carbocycles. The van der Waals surface area contributed by atoms with Gasteiger partial charge in [0.25, 0.3) is 0 Å². The summed E-state index contributed by atoms with van der Waals surface area (Å²) in [7, 11) is 0. The minimum absolute atomic E-state index is 0.612. The minimum Gasteiger partial charge on any atom is -0.0654 e. The molecule has 0 aromatic rings. The average molecular weight is 281 g/mol. The van der Waals surface area contributed by atoms with Gasteiger partial charge >= 0.3 is 0 Å². The van der Waals surface area contributed by atoms with Crippen molar-refractivity contribution in [3.63, 3.8) is 0 Å². The second-order valence-corrected chi connectivity index (χ2v) is 8.45. The van der Waals surface area contributed by atoms with Crippen molar-refractivity contribution in [3.05, 3.63) is 0 Å². The summed E-state index contributed by atoms with van der Waals surface area (Å²) < 4.78 is 0. The van der Waals surface area contributed by atoms with Crippen LogP contribution in [-0.4, -0.2) is 0 Å². The van der Waals surface area contributed by atoms with Gasteiger partial charge in [-0.25, -0.2) is 0 Å². The van der Waals surface area contributed by atoms with Crippen molar-refractivity contribution in [1.82, 2.24) is 0 Å². The zero-order chi connectivity index (χ0) is 15.3. The lowest BCUT2D eigenvalue weighted by Crippen LogP contribution is -2.52. The average Bonchev–Trinajstić information content (AvgIpc) is 2.40. The van der Waals surface area contributed by atoms with Crippen molar-refractivity contribution in [1.29, 1.82) is 0 Å². The van der Waals surface area contributed by atoms with Gasteiger partial charge in [-0.1, -0.05) is 80.6 Å². The molecule has 1 saturated carbocycles. The summed E-state index contributed by atoms with van der Waals surface area (Å²) >= 11 is 0. The Morgan fingerprint density at radius 2 is 1.65 bits per heavy atom. The summed E-state index contributed by atoms with van der Waals surface area (Å²) in [6.07, 6.45) is 9.99. The van der Waals surface area contributed by atoms with Gasteiger partial charge in [0.15, 0.2) is 0 Å². The van der Waals surface area contributed by atoms with Gasteiger partial charge in [-0.05, 0) is 47.8 Å². The Bertz CT molecular complexity index is 267. The number of unbranched alkanes of at least 4 members (excludes halogenated alkanes) is 2. The van der Waals surface area contributed by atoms with Gasteiger partial charge in [0.1, 0.15) is 0 Å². The van der Waals surface area contributed by atoms with Crippen LogP contribution >= 0.6 is 0 Å². The highest BCUT2D eigenvalue weighted by molar-refractivity contribution is 5.01. The SMILES string of the molecule is CCCCCC(C)C1CC(C)C1(C)C(C)CCC(C)C. The Labute approximate surface area is 129 Å². The fraction of sp³-hybridized carbons (Fsp3) is 1.00. The maximum Gasteiger partial charge on any atom is -0.0243 e. The highest BCUT2D eigenvalue weighted by atomic mass is 14.6. The van der Waals surface area contributed by atoms with Crippen LogP contribution in [0.1, 0.15) is 93.4 Å². The normalized spacial score (nSPS) is 33.0. The third kappa shape index (κ3) is 4.01. The summed E-state index contributed by atoms with van der Waals surface area (Å²) in [6, 6.07) is 0. The van der Waals surface area contributed by atoms with Crippen LogP contribution in [0.25, 0.3) is 0 Å². The van der Waals surface area contributed by atoms with Crippen LogP contribution < -0.4 is 0 Å². The van der Waals surface area contributed by atoms with E-state index in [1.165, 1.54) is 44.9 Å². The molecule has 1 rings (SSSR count). The first-order valence-corrected chi connectivity index (χ1v) is 9.33. The zero-order valence-corrected chi connectivity index (χ0v) is 15.3. The molecular weight excluding hydrogens is 240 g/mol. The predicted octanol–water partition coefficient (Wildman–Crippen LogP) is 6.94. The zero-order valence-electron chi connectivity index (χ0n) is 15.3. The van der Waals surface area contributed by atoms with E-state index in [-0.39, 0.29) is 0 Å². The third-order valence-corrected chi connectivity index (χ3v) is 6.66. The van der Waals surface area contributed by atoms with Crippen LogP contribution in [0, 0.1) is 35.0 Å². The minimum atomic E-state index is 0.612. The van der Waals surface area contributed by atoms with Crippen LogP contribution in [0.4, 0.5) is 0 Å². The van der Waals surface area contributed by atoms with Gasteiger partial charge in [-0.2, -0.15) is 0 Å². The number of rotatable bonds is 9. The van der Waals surface area contributed by atoms with E-state index in [0.29, 0.717) is 5.41 Å². The molecule has 120 valence electrons. The van der Waals surface area contributed by atoms with Crippen LogP contribution in [-0.2, 0) is 0 Å². The van der Waals surface area contributed by atoms with E-state index in [4.69, 9.17) is 0 Å². The van der Waals surface area contributed by atoms with Crippen LogP contribution in [0.5, 0.6) is 0 Å². The van der Waals surface area contributed by atoms with Crippen molar-refractivity contribution < 1.29 is 0 Å². The highest BCUT2D eigenvalue weighted by Crippen LogP contribution is 2.60. The first kappa shape index (κ1) is 18.1. The molecule has 0 aromatic heterocycles. The summed E-state index contributed by atoms with van der Waals surface area (Å²) in [6.45, 7) is 17.2. The van der Waals surface area contributed by atoms with Gasteiger partial charge in [0.2, 0.25) is 0 Å². The highest BCUT2D eigenvalue weighted by Gasteiger charge is 2.53. The second-order valence-electron chi connectivity index (χ2n) is 8.45. The van der Waals surface area contributed by atoms with Crippen molar-refractivity contribution in [2.45, 2.75) is 93.4 Å². The van der Waals surface area contributed by atoms with E-state index >= 15 is 0 Å². The molecule has 1 fully saturated rings. The lowest BCUT2D eigenvalue weighted by atomic mass is 9.46. The van der Waals surface area contributed by atoms with Gasteiger partial charge in [0, 0.05) is 0 Å². The molecule has 0 amide bonds. The molecule has 0 spiro atoms. The molecular formula is C20H40. The summed E-state index contributed by atoms with van der Waals surface area (Å²) in [4.78, 5) is 0. The maximum atomic E-state index is 2.60. The molecule has 0 saturated heterocycles. The molecule has 0 bridgehead atoms. The summed E-state index contributed by atoms with van der Waals surface area (Å²) in [5.41, 5.74) is 0.612. The Hall–Kier alpha value is 0. The van der Waals surface area contributed by atoms with E-state index in [2.05, 4.69) is 48.5 Å². The van der Waals surface area contributed by atoms with Crippen LogP contribution in [0.2, 0.25) is 0 Å². The third-order valence-electron chi connectivity index (χ3n) is 6.66. The Balaban J connectivity index is 2.55. The van der Waals surface area contributed by atoms with E-state index in [1.54, 1.807) is 0 Å². The molecule has 0 nitrogen and oxygen atoms in total. The van der Waals surface area contributed by atoms with Crippen molar-refractivity contribution in [3.8, 4) is 0 Å². The first-order chi connectivity index (χ1) is 9.33. The second kappa shape index (κ2) is 7.85. The Morgan fingerprint density at radius 1 is 1.00 bits per heavy atom. The van der Waals surface area contributed by atoms with Crippen molar-refractivity contribution >= 4 is 0 Å². The molecule has 0 radical (unpaired) electrons. The van der Waals surface area contributed by atoms with E-state index in [0.717, 1.165) is 29.6 Å². The molecule has 5 unspecified atom stereocenters. The monoisotopic (exact) mass is 280 g/mol. The molecule has 0 heteroatoms. The fourth-order valence-corrected chi connectivity index (χ4v) is 4.60. The maximum absolute atomic E-state index is 2.60. The molecule has 20 heavy (non-hydrogen) atoms. The molecule has 1 aliphatic rings. The molecule has 0 N–H and O–H groups in total. The van der Waals surface area contributed by atoms with Crippen LogP contribution in [0.3, 0.4) is 0 Å². The van der Waals surface area contributed by atoms with E-state index < -0.39 is 0 Å². The van der Waals surface area contributed by atoms with E-state index in [1.807, 2.05) is 0 Å². The van der Waals surface area contributed by atoms with Crippen molar-refractivity contribution in [2.24, 2.45) is 35.0 Å². The number of hydrogen-bond acceptors (Lipinski definition) is 0. The Morgan fingerprint density at radius 3 is 2.15 bits per heavy atom. The molecule has 0 heterocycles. The predicted molar refractivity (Wildman–Crippen MR) is 91.9 cm³/mol. The van der Waals surface area contributed by atoms with Crippen molar-refractivity contribution in [2.75, 3.05) is 0 Å². The summed E-state index contributed by atoms with van der Waals surface area (Å²) in [5.74, 6) is 4.60. The van der Waals surface area contributed by atoms with Gasteiger partial charge in [-0.3, -0.25) is 0 Å². The Kier molecular flexibility index (Phi) is 7.09. The quantitative estimate of drug-likeness (QED) is 0.401. The largest absolute Gasteiger partial charge is 0.0654 e. The topological polar surface area (TPSA) is 0 Å². The lowest BCUT2D eigenvalue weighted by Gasteiger charge is -2.59. The van der Waals surface area contributed by atoms with Gasteiger partial charge in [-0.15, -0.1) is 0 Å². The smallest absolute Gasteiger partial charge is 0.0243 e. The van der Waals surface area contributed by atoms with E-state index in [9.17, 15) is 0 Å². The molecule has 5 atom stereocenters. The fourth-order valence-electron chi connectivity index (χ4n) is 4.60. The lowest BCUT2D eigenvalue weighted by molar-refractivity contribution is -0.105.